The summed E-state index contributed by atoms with van der Waals surface area (Å²) in [6.45, 7) is 9.41. The number of hydrogen-bond donors (Lipinski definition) is 2. The fraction of sp³-hybridized carbons (Fsp3) is 0.529. The van der Waals surface area contributed by atoms with Gasteiger partial charge in [0.1, 0.15) is 17.2 Å². The van der Waals surface area contributed by atoms with Crippen LogP contribution < -0.4 is 10.1 Å². The molecule has 2 N–H and O–H groups in total. The van der Waals surface area contributed by atoms with E-state index in [4.69, 9.17) is 14.9 Å². The van der Waals surface area contributed by atoms with Crippen molar-refractivity contribution in [2.45, 2.75) is 57.6 Å². The minimum atomic E-state index is -0.636. The molecule has 1 amide bonds. The summed E-state index contributed by atoms with van der Waals surface area (Å²) < 4.78 is 10.9. The molecule has 128 valence electrons. The highest BCUT2D eigenvalue weighted by molar-refractivity contribution is 9.09. The van der Waals surface area contributed by atoms with E-state index in [1.807, 2.05) is 6.92 Å². The lowest BCUT2D eigenvalue weighted by atomic mass is 10.2. The van der Waals surface area contributed by atoms with Crippen LogP contribution in [-0.2, 0) is 4.74 Å². The van der Waals surface area contributed by atoms with Gasteiger partial charge in [-0.3, -0.25) is 10.7 Å². The molecule has 2 unspecified atom stereocenters. The fourth-order valence-electron chi connectivity index (χ4n) is 1.92. The fourth-order valence-corrected chi connectivity index (χ4v) is 2.44. The van der Waals surface area contributed by atoms with Crippen molar-refractivity contribution in [2.75, 3.05) is 0 Å². The summed E-state index contributed by atoms with van der Waals surface area (Å²) in [4.78, 5) is 12.0. The number of hydrogen-bond acceptors (Lipinski definition) is 4. The van der Waals surface area contributed by atoms with Crippen molar-refractivity contribution in [3.63, 3.8) is 0 Å². The summed E-state index contributed by atoms with van der Waals surface area (Å²) in [5.41, 5.74) is -0.00480. The number of carbonyl (C=O) groups excluding carboxylic acids is 1. The van der Waals surface area contributed by atoms with E-state index >= 15 is 0 Å². The summed E-state index contributed by atoms with van der Waals surface area (Å²) in [5.74, 6) is 0.729. The largest absolute Gasteiger partial charge is 0.491 e. The maximum absolute atomic E-state index is 11.7. The maximum atomic E-state index is 11.7. The molecule has 1 rings (SSSR count). The van der Waals surface area contributed by atoms with Crippen molar-refractivity contribution in [1.29, 1.82) is 5.41 Å². The number of amides is 1. The molecule has 0 bridgehead atoms. The van der Waals surface area contributed by atoms with E-state index < -0.39 is 11.7 Å². The van der Waals surface area contributed by atoms with Gasteiger partial charge in [-0.1, -0.05) is 22.9 Å². The zero-order chi connectivity index (χ0) is 17.6. The number of nitrogens with one attached hydrogen (secondary N) is 2. The van der Waals surface area contributed by atoms with Crippen molar-refractivity contribution in [1.82, 2.24) is 5.32 Å². The number of halogens is 1. The quantitative estimate of drug-likeness (QED) is 0.446. The molecule has 0 saturated carbocycles. The predicted octanol–water partition coefficient (Wildman–Crippen LogP) is 4.48. The van der Waals surface area contributed by atoms with Gasteiger partial charge in [0.25, 0.3) is 0 Å². The van der Waals surface area contributed by atoms with Crippen LogP contribution in [0, 0.1) is 5.41 Å². The minimum absolute atomic E-state index is 0.00655. The lowest BCUT2D eigenvalue weighted by molar-refractivity contribution is 0.0563. The minimum Gasteiger partial charge on any atom is -0.491 e. The van der Waals surface area contributed by atoms with Crippen LogP contribution in [0.2, 0.25) is 0 Å². The zero-order valence-corrected chi connectivity index (χ0v) is 15.9. The molecule has 1 aromatic rings. The van der Waals surface area contributed by atoms with Crippen molar-refractivity contribution in [2.24, 2.45) is 0 Å². The van der Waals surface area contributed by atoms with Crippen LogP contribution in [0.1, 0.15) is 46.6 Å². The van der Waals surface area contributed by atoms with Gasteiger partial charge < -0.3 is 9.47 Å². The molecule has 23 heavy (non-hydrogen) atoms. The number of benzene rings is 1. The van der Waals surface area contributed by atoms with Gasteiger partial charge in [0.15, 0.2) is 0 Å². The molecule has 0 aromatic heterocycles. The van der Waals surface area contributed by atoms with Crippen LogP contribution in [-0.4, -0.2) is 28.5 Å². The van der Waals surface area contributed by atoms with Gasteiger partial charge in [-0.15, -0.1) is 0 Å². The second-order valence-corrected chi connectivity index (χ2v) is 8.03. The maximum Gasteiger partial charge on any atom is 0.413 e. The Balaban J connectivity index is 2.59. The summed E-state index contributed by atoms with van der Waals surface area (Å²) in [5, 5.41) is 10.3. The van der Waals surface area contributed by atoms with E-state index in [9.17, 15) is 4.79 Å². The molecule has 5 nitrogen and oxygen atoms in total. The average molecular weight is 385 g/mol. The highest BCUT2D eigenvalue weighted by Crippen LogP contribution is 2.17. The van der Waals surface area contributed by atoms with Crippen LogP contribution in [0.5, 0.6) is 5.75 Å². The first-order chi connectivity index (χ1) is 10.6. The Labute approximate surface area is 146 Å². The van der Waals surface area contributed by atoms with Crippen LogP contribution >= 0.6 is 15.9 Å². The van der Waals surface area contributed by atoms with Crippen LogP contribution in [0.4, 0.5) is 4.79 Å². The number of alkyl halides is 1. The first-order valence-electron chi connectivity index (χ1n) is 7.56. The first-order valence-corrected chi connectivity index (χ1v) is 8.48. The molecular formula is C17H25BrN2O3. The Morgan fingerprint density at radius 3 is 2.30 bits per heavy atom. The van der Waals surface area contributed by atoms with Gasteiger partial charge >= 0.3 is 6.09 Å². The summed E-state index contributed by atoms with van der Waals surface area (Å²) in [7, 11) is 0. The van der Waals surface area contributed by atoms with E-state index in [0.717, 1.165) is 12.2 Å². The lowest BCUT2D eigenvalue weighted by Crippen LogP contribution is -2.36. The Hall–Kier alpha value is -1.56. The van der Waals surface area contributed by atoms with E-state index in [1.54, 1.807) is 45.0 Å². The highest BCUT2D eigenvalue weighted by Gasteiger charge is 2.17. The standard InChI is InChI=1S/C17H25BrN2O3/c1-11(18)10-12(2)22-14-8-6-13(7-9-14)15(19)20-16(21)23-17(3,4)5/h6-9,11-12H,10H2,1-5H3,(H2,19,20,21). The molecule has 0 heterocycles. The molecule has 2 atom stereocenters. The molecule has 6 heteroatoms. The smallest absolute Gasteiger partial charge is 0.413 e. The van der Waals surface area contributed by atoms with Crippen molar-refractivity contribution < 1.29 is 14.3 Å². The van der Waals surface area contributed by atoms with Crippen LogP contribution in [0.25, 0.3) is 0 Å². The van der Waals surface area contributed by atoms with E-state index in [0.29, 0.717) is 10.4 Å². The zero-order valence-electron chi connectivity index (χ0n) is 14.3. The normalized spacial score (nSPS) is 13.8. The number of alkyl carbamates (subject to hydrolysis) is 1. The van der Waals surface area contributed by atoms with Gasteiger partial charge in [-0.05, 0) is 58.4 Å². The molecule has 0 spiro atoms. The second-order valence-electron chi connectivity index (χ2n) is 6.47. The third-order valence-electron chi connectivity index (χ3n) is 2.76. The molecule has 0 fully saturated rings. The molecular weight excluding hydrogens is 360 g/mol. The van der Waals surface area contributed by atoms with Gasteiger partial charge in [-0.25, -0.2) is 4.79 Å². The Bertz CT molecular complexity index is 536. The SMILES string of the molecule is CC(Br)CC(C)Oc1ccc(C(=N)NC(=O)OC(C)(C)C)cc1. The summed E-state index contributed by atoms with van der Waals surface area (Å²) in [6.07, 6.45) is 0.356. The molecule has 0 aliphatic heterocycles. The highest BCUT2D eigenvalue weighted by atomic mass is 79.9. The Kier molecular flexibility index (Phi) is 7.06. The number of ether oxygens (including phenoxy) is 2. The van der Waals surface area contributed by atoms with E-state index in [-0.39, 0.29) is 11.9 Å². The summed E-state index contributed by atoms with van der Waals surface area (Å²) in [6, 6.07) is 7.05. The molecule has 0 aliphatic carbocycles. The average Bonchev–Trinajstić information content (AvgIpc) is 2.35. The topological polar surface area (TPSA) is 71.4 Å². The number of rotatable bonds is 5. The second kappa shape index (κ2) is 8.34. The third-order valence-corrected chi connectivity index (χ3v) is 3.14. The molecule has 0 aliphatic rings. The van der Waals surface area contributed by atoms with E-state index in [2.05, 4.69) is 28.2 Å². The summed E-state index contributed by atoms with van der Waals surface area (Å²) >= 11 is 3.50. The lowest BCUT2D eigenvalue weighted by Gasteiger charge is -2.20. The molecule has 0 saturated heterocycles. The van der Waals surface area contributed by atoms with E-state index in [1.165, 1.54) is 0 Å². The third kappa shape index (κ3) is 8.02. The Morgan fingerprint density at radius 1 is 1.26 bits per heavy atom. The van der Waals surface area contributed by atoms with Crippen molar-refractivity contribution in [3.05, 3.63) is 29.8 Å². The molecule has 1 aromatic carbocycles. The Morgan fingerprint density at radius 2 is 1.83 bits per heavy atom. The molecule has 0 radical (unpaired) electrons. The number of amidine groups is 1. The van der Waals surface area contributed by atoms with Crippen molar-refractivity contribution in [3.8, 4) is 5.75 Å². The predicted molar refractivity (Wildman–Crippen MR) is 95.7 cm³/mol. The van der Waals surface area contributed by atoms with Crippen LogP contribution in [0.15, 0.2) is 24.3 Å². The van der Waals surface area contributed by atoms with Crippen LogP contribution in [0.3, 0.4) is 0 Å². The van der Waals surface area contributed by atoms with Gasteiger partial charge in [0, 0.05) is 10.4 Å². The van der Waals surface area contributed by atoms with Gasteiger partial charge in [0.2, 0.25) is 0 Å². The van der Waals surface area contributed by atoms with Gasteiger partial charge in [0.05, 0.1) is 6.10 Å². The monoisotopic (exact) mass is 384 g/mol. The first kappa shape index (κ1) is 19.5. The van der Waals surface area contributed by atoms with Gasteiger partial charge in [-0.2, -0.15) is 0 Å². The van der Waals surface area contributed by atoms with Crippen molar-refractivity contribution >= 4 is 27.9 Å². The number of carbonyl (C=O) groups is 1.